The summed E-state index contributed by atoms with van der Waals surface area (Å²) in [4.78, 5) is 13.0. The van der Waals surface area contributed by atoms with Crippen molar-refractivity contribution in [1.29, 1.82) is 0 Å². The number of amides is 1. The van der Waals surface area contributed by atoms with Crippen molar-refractivity contribution in [3.05, 3.63) is 72.0 Å². The number of hydrogen-bond acceptors (Lipinski definition) is 6. The minimum atomic E-state index is -0.308. The van der Waals surface area contributed by atoms with E-state index in [1.54, 1.807) is 25.5 Å². The Hall–Kier alpha value is -4.39. The van der Waals surface area contributed by atoms with Gasteiger partial charge in [0.1, 0.15) is 11.3 Å². The average Bonchev–Trinajstić information content (AvgIpc) is 3.32. The van der Waals surface area contributed by atoms with Crippen LogP contribution in [0.15, 0.2) is 65.3 Å². The van der Waals surface area contributed by atoms with Gasteiger partial charge in [-0.15, -0.1) is 0 Å². The van der Waals surface area contributed by atoms with Crippen LogP contribution in [0.3, 0.4) is 0 Å². The molecular weight excluding hydrogens is 458 g/mol. The molecule has 0 aliphatic carbocycles. The summed E-state index contributed by atoms with van der Waals surface area (Å²) in [6, 6.07) is 15.4. The van der Waals surface area contributed by atoms with Gasteiger partial charge in [-0.1, -0.05) is 30.3 Å². The lowest BCUT2D eigenvalue weighted by Gasteiger charge is -2.15. The number of nitrogens with one attached hydrogen (secondary N) is 1. The number of furan rings is 1. The van der Waals surface area contributed by atoms with E-state index >= 15 is 0 Å². The Morgan fingerprint density at radius 3 is 2.11 bits per heavy atom. The number of fused-ring (bicyclic) bond motifs is 1. The Morgan fingerprint density at radius 2 is 1.53 bits per heavy atom. The van der Waals surface area contributed by atoms with E-state index in [0.717, 1.165) is 38.8 Å². The second kappa shape index (κ2) is 10.5. The van der Waals surface area contributed by atoms with Gasteiger partial charge in [0.25, 0.3) is 0 Å². The zero-order valence-corrected chi connectivity index (χ0v) is 21.2. The number of rotatable bonds is 8. The molecule has 7 heteroatoms. The van der Waals surface area contributed by atoms with Gasteiger partial charge in [0.15, 0.2) is 11.5 Å². The van der Waals surface area contributed by atoms with Gasteiger partial charge in [0.05, 0.1) is 34.7 Å². The molecule has 4 rings (SSSR count). The third kappa shape index (κ3) is 4.60. The number of carbonyl (C=O) groups excluding carboxylic acids is 1. The molecule has 7 nitrogen and oxygen atoms in total. The average molecular weight is 488 g/mol. The number of benzene rings is 3. The van der Waals surface area contributed by atoms with Crippen molar-refractivity contribution in [2.45, 2.75) is 13.8 Å². The molecule has 1 heterocycles. The number of anilines is 1. The number of ether oxygens (including phenoxy) is 4. The van der Waals surface area contributed by atoms with Crippen LogP contribution in [0.4, 0.5) is 5.69 Å². The molecule has 0 atom stereocenters. The minimum Gasteiger partial charge on any atom is -0.496 e. The van der Waals surface area contributed by atoms with Gasteiger partial charge in [0, 0.05) is 46.0 Å². The zero-order valence-electron chi connectivity index (χ0n) is 21.2. The van der Waals surface area contributed by atoms with Gasteiger partial charge < -0.3 is 28.7 Å². The van der Waals surface area contributed by atoms with Crippen LogP contribution in [0.25, 0.3) is 27.7 Å². The lowest BCUT2D eigenvalue weighted by molar-refractivity contribution is -0.111. The maximum Gasteiger partial charge on any atom is 0.248 e. The van der Waals surface area contributed by atoms with E-state index < -0.39 is 0 Å². The Kier molecular flexibility index (Phi) is 7.20. The van der Waals surface area contributed by atoms with Crippen LogP contribution in [-0.4, -0.2) is 34.3 Å². The first-order valence-corrected chi connectivity index (χ1v) is 11.4. The SMILES string of the molecule is COc1cc(NC(=O)/C=C(\C)c2cc3c(-c4ccccc4)coc3c(C)c2OC)cc(OC)c1OC. The van der Waals surface area contributed by atoms with Gasteiger partial charge in [0.2, 0.25) is 11.7 Å². The number of methoxy groups -OCH3 is 4. The summed E-state index contributed by atoms with van der Waals surface area (Å²) < 4.78 is 27.8. The number of carbonyl (C=O) groups is 1. The van der Waals surface area contributed by atoms with Gasteiger partial charge >= 0.3 is 0 Å². The van der Waals surface area contributed by atoms with Crippen LogP contribution in [-0.2, 0) is 4.79 Å². The summed E-state index contributed by atoms with van der Waals surface area (Å²) in [6.45, 7) is 3.83. The Labute approximate surface area is 210 Å². The van der Waals surface area contributed by atoms with Crippen LogP contribution in [0, 0.1) is 6.92 Å². The highest BCUT2D eigenvalue weighted by atomic mass is 16.5. The normalized spacial score (nSPS) is 11.3. The summed E-state index contributed by atoms with van der Waals surface area (Å²) in [5.74, 6) is 1.70. The third-order valence-corrected chi connectivity index (χ3v) is 6.04. The first-order chi connectivity index (χ1) is 17.4. The highest BCUT2D eigenvalue weighted by Crippen LogP contribution is 2.41. The van der Waals surface area contributed by atoms with Gasteiger partial charge in [-0.05, 0) is 31.1 Å². The topological polar surface area (TPSA) is 79.2 Å². The molecule has 0 aliphatic rings. The van der Waals surface area contributed by atoms with Gasteiger partial charge in [-0.2, -0.15) is 0 Å². The lowest BCUT2D eigenvalue weighted by Crippen LogP contribution is -2.09. The maximum atomic E-state index is 13.0. The molecule has 0 fully saturated rings. The molecule has 0 saturated carbocycles. The summed E-state index contributed by atoms with van der Waals surface area (Å²) in [7, 11) is 6.19. The van der Waals surface area contributed by atoms with Gasteiger partial charge in [-0.3, -0.25) is 4.79 Å². The van der Waals surface area contributed by atoms with E-state index in [-0.39, 0.29) is 5.91 Å². The number of allylic oxidation sites excluding steroid dienone is 1. The largest absolute Gasteiger partial charge is 0.496 e. The molecule has 1 amide bonds. The molecule has 3 aromatic carbocycles. The van der Waals surface area contributed by atoms with Crippen LogP contribution in [0.1, 0.15) is 18.1 Å². The molecule has 1 N–H and O–H groups in total. The second-order valence-corrected chi connectivity index (χ2v) is 8.21. The highest BCUT2D eigenvalue weighted by Gasteiger charge is 2.19. The third-order valence-electron chi connectivity index (χ3n) is 6.04. The lowest BCUT2D eigenvalue weighted by atomic mass is 9.96. The fourth-order valence-corrected chi connectivity index (χ4v) is 4.32. The van der Waals surface area contributed by atoms with Crippen LogP contribution >= 0.6 is 0 Å². The van der Waals surface area contributed by atoms with E-state index in [9.17, 15) is 4.79 Å². The summed E-state index contributed by atoms with van der Waals surface area (Å²) in [5, 5.41) is 3.83. The molecular formula is C29H29NO6. The van der Waals surface area contributed by atoms with Crippen LogP contribution in [0.2, 0.25) is 0 Å². The van der Waals surface area contributed by atoms with E-state index in [2.05, 4.69) is 5.32 Å². The van der Waals surface area contributed by atoms with Crippen molar-refractivity contribution in [1.82, 2.24) is 0 Å². The Bertz CT molecular complexity index is 1410. The second-order valence-electron chi connectivity index (χ2n) is 8.21. The predicted octanol–water partition coefficient (Wildman–Crippen LogP) is 6.48. The van der Waals surface area contributed by atoms with Crippen molar-refractivity contribution >= 4 is 28.1 Å². The fraction of sp³-hybridized carbons (Fsp3) is 0.207. The molecule has 0 radical (unpaired) electrons. The molecule has 0 unspecified atom stereocenters. The Balaban J connectivity index is 1.72. The van der Waals surface area contributed by atoms with Crippen molar-refractivity contribution in [2.24, 2.45) is 0 Å². The molecule has 0 saturated heterocycles. The standard InChI is InChI=1S/C29H29NO6/c1-17(12-26(31)30-20-13-24(32-3)29(35-6)25(14-20)33-4)21-15-22-23(19-10-8-7-9-11-19)16-36-28(22)18(2)27(21)34-5/h7-16H,1-6H3,(H,30,31)/b17-12+. The van der Waals surface area contributed by atoms with E-state index in [4.69, 9.17) is 23.4 Å². The molecule has 36 heavy (non-hydrogen) atoms. The monoisotopic (exact) mass is 487 g/mol. The smallest absolute Gasteiger partial charge is 0.248 e. The van der Waals surface area contributed by atoms with Crippen molar-refractivity contribution in [3.8, 4) is 34.1 Å². The summed E-state index contributed by atoms with van der Waals surface area (Å²) >= 11 is 0. The number of hydrogen-bond donors (Lipinski definition) is 1. The van der Waals surface area contributed by atoms with E-state index in [0.29, 0.717) is 28.7 Å². The minimum absolute atomic E-state index is 0.308. The quantitative estimate of drug-likeness (QED) is 0.286. The Morgan fingerprint density at radius 1 is 0.889 bits per heavy atom. The van der Waals surface area contributed by atoms with Crippen molar-refractivity contribution in [3.63, 3.8) is 0 Å². The molecule has 4 aromatic rings. The molecule has 0 spiro atoms. The summed E-state index contributed by atoms with van der Waals surface area (Å²) in [5.41, 5.74) is 5.70. The van der Waals surface area contributed by atoms with Crippen LogP contribution in [0.5, 0.6) is 23.0 Å². The maximum absolute atomic E-state index is 13.0. The predicted molar refractivity (Wildman–Crippen MR) is 141 cm³/mol. The molecule has 0 aliphatic heterocycles. The van der Waals surface area contributed by atoms with Crippen LogP contribution < -0.4 is 24.3 Å². The fourth-order valence-electron chi connectivity index (χ4n) is 4.32. The number of aryl methyl sites for hydroxylation is 1. The van der Waals surface area contributed by atoms with Gasteiger partial charge in [-0.25, -0.2) is 0 Å². The summed E-state index contributed by atoms with van der Waals surface area (Å²) in [6.07, 6.45) is 3.29. The van der Waals surface area contributed by atoms with Crippen molar-refractivity contribution < 1.29 is 28.2 Å². The first-order valence-electron chi connectivity index (χ1n) is 11.4. The molecule has 186 valence electrons. The van der Waals surface area contributed by atoms with E-state index in [1.165, 1.54) is 27.4 Å². The van der Waals surface area contributed by atoms with Crippen molar-refractivity contribution in [2.75, 3.05) is 33.8 Å². The highest BCUT2D eigenvalue weighted by molar-refractivity contribution is 6.06. The zero-order chi connectivity index (χ0) is 25.8. The molecule has 1 aromatic heterocycles. The first kappa shape index (κ1) is 24.7. The van der Waals surface area contributed by atoms with E-state index in [1.807, 2.05) is 50.2 Å². The molecule has 0 bridgehead atoms.